The summed E-state index contributed by atoms with van der Waals surface area (Å²) in [7, 11) is 0. The zero-order valence-corrected chi connectivity index (χ0v) is 13.6. The number of nitrogens with zero attached hydrogens (tertiary/aromatic N) is 4. The second-order valence-corrected chi connectivity index (χ2v) is 6.72. The molecule has 1 atom stereocenters. The van der Waals surface area contributed by atoms with E-state index in [2.05, 4.69) is 15.2 Å². The van der Waals surface area contributed by atoms with E-state index in [1.54, 1.807) is 0 Å². The van der Waals surface area contributed by atoms with Crippen molar-refractivity contribution in [1.82, 2.24) is 19.9 Å². The monoisotopic (exact) mass is 342 g/mol. The number of hydrogen-bond donors (Lipinski definition) is 0. The lowest BCUT2D eigenvalue weighted by Gasteiger charge is -2.24. The predicted octanol–water partition coefficient (Wildman–Crippen LogP) is 3.74. The summed E-state index contributed by atoms with van der Waals surface area (Å²) in [6.07, 6.45) is 2.26. The number of rotatable bonds is 3. The minimum atomic E-state index is -0.0350. The van der Waals surface area contributed by atoms with Crippen molar-refractivity contribution in [2.24, 2.45) is 0 Å². The van der Waals surface area contributed by atoms with Gasteiger partial charge >= 0.3 is 0 Å². The molecule has 0 amide bonds. The van der Waals surface area contributed by atoms with Gasteiger partial charge in [0.25, 0.3) is 5.89 Å². The maximum atomic E-state index is 5.96. The molecule has 1 saturated carbocycles. The number of aromatic nitrogens is 4. The van der Waals surface area contributed by atoms with Crippen LogP contribution in [0.5, 0.6) is 0 Å². The molecule has 5 rings (SSSR count). The van der Waals surface area contributed by atoms with Gasteiger partial charge in [-0.1, -0.05) is 28.9 Å². The highest BCUT2D eigenvalue weighted by atomic mass is 35.5. The Morgan fingerprint density at radius 1 is 1.17 bits per heavy atom. The van der Waals surface area contributed by atoms with Crippen LogP contribution in [0.2, 0.25) is 5.02 Å². The van der Waals surface area contributed by atoms with Gasteiger partial charge in [-0.25, -0.2) is 0 Å². The molecule has 0 N–H and O–H groups in total. The summed E-state index contributed by atoms with van der Waals surface area (Å²) < 4.78 is 13.3. The van der Waals surface area contributed by atoms with Gasteiger partial charge in [-0.3, -0.25) is 4.68 Å². The molecule has 0 saturated heterocycles. The molecule has 24 heavy (non-hydrogen) atoms. The number of benzene rings is 1. The van der Waals surface area contributed by atoms with E-state index in [1.165, 1.54) is 0 Å². The lowest BCUT2D eigenvalue weighted by Crippen LogP contribution is -2.21. The van der Waals surface area contributed by atoms with Crippen LogP contribution in [0.1, 0.15) is 41.9 Å². The molecule has 6 nitrogen and oxygen atoms in total. The van der Waals surface area contributed by atoms with Crippen molar-refractivity contribution in [2.75, 3.05) is 0 Å². The number of halogens is 1. The summed E-state index contributed by atoms with van der Waals surface area (Å²) >= 11 is 5.95. The van der Waals surface area contributed by atoms with E-state index < -0.39 is 0 Å². The van der Waals surface area contributed by atoms with E-state index >= 15 is 0 Å². The van der Waals surface area contributed by atoms with Crippen LogP contribution in [0, 0.1) is 0 Å². The molecule has 1 aromatic carbocycles. The van der Waals surface area contributed by atoms with E-state index in [4.69, 9.17) is 20.9 Å². The fourth-order valence-corrected chi connectivity index (χ4v) is 3.08. The van der Waals surface area contributed by atoms with Gasteiger partial charge in [-0.15, -0.1) is 0 Å². The zero-order valence-electron chi connectivity index (χ0n) is 12.9. The van der Waals surface area contributed by atoms with Crippen LogP contribution in [0.4, 0.5) is 0 Å². The average Bonchev–Trinajstić information content (AvgIpc) is 3.18. The summed E-state index contributed by atoms with van der Waals surface area (Å²) in [5.74, 6) is 1.76. The predicted molar refractivity (Wildman–Crippen MR) is 86.5 cm³/mol. The lowest BCUT2D eigenvalue weighted by molar-refractivity contribution is -0.00112. The van der Waals surface area contributed by atoms with Gasteiger partial charge < -0.3 is 9.26 Å². The van der Waals surface area contributed by atoms with Gasteiger partial charge in [0, 0.05) is 10.9 Å². The molecule has 0 spiro atoms. The highest BCUT2D eigenvalue weighted by molar-refractivity contribution is 6.30. The Morgan fingerprint density at radius 2 is 2.00 bits per heavy atom. The van der Waals surface area contributed by atoms with Gasteiger partial charge in [0.1, 0.15) is 6.10 Å². The van der Waals surface area contributed by atoms with Crippen molar-refractivity contribution in [1.29, 1.82) is 0 Å². The largest absolute Gasteiger partial charge is 0.365 e. The molecule has 3 aromatic rings. The molecule has 3 heterocycles. The normalized spacial score (nSPS) is 20.1. The molecule has 122 valence electrons. The Hall–Kier alpha value is -2.18. The number of hydrogen-bond acceptors (Lipinski definition) is 5. The Labute approximate surface area is 143 Å². The van der Waals surface area contributed by atoms with Crippen LogP contribution >= 0.6 is 11.6 Å². The van der Waals surface area contributed by atoms with Crippen LogP contribution in [-0.4, -0.2) is 19.9 Å². The average molecular weight is 343 g/mol. The minimum Gasteiger partial charge on any atom is -0.365 e. The third-order valence-corrected chi connectivity index (χ3v) is 4.73. The molecule has 2 aliphatic rings. The Kier molecular flexibility index (Phi) is 3.21. The second kappa shape index (κ2) is 5.43. The van der Waals surface area contributed by atoms with E-state index in [0.29, 0.717) is 30.7 Å². The summed E-state index contributed by atoms with van der Waals surface area (Å²) in [6, 6.07) is 9.69. The second-order valence-electron chi connectivity index (χ2n) is 6.29. The summed E-state index contributed by atoms with van der Waals surface area (Å²) in [6.45, 7) is 1.16. The van der Waals surface area contributed by atoms with Crippen LogP contribution in [0.3, 0.4) is 0 Å². The molecule has 0 radical (unpaired) electrons. The van der Waals surface area contributed by atoms with Crippen molar-refractivity contribution < 1.29 is 9.26 Å². The summed E-state index contributed by atoms with van der Waals surface area (Å²) in [4.78, 5) is 4.46. The van der Waals surface area contributed by atoms with Gasteiger partial charge in [0.15, 0.2) is 11.5 Å². The highest BCUT2D eigenvalue weighted by Crippen LogP contribution is 2.39. The first-order chi connectivity index (χ1) is 11.8. The smallest absolute Gasteiger partial charge is 0.278 e. The van der Waals surface area contributed by atoms with Crippen LogP contribution in [0.25, 0.3) is 11.6 Å². The van der Waals surface area contributed by atoms with Crippen LogP contribution in [0.15, 0.2) is 34.9 Å². The first kappa shape index (κ1) is 14.2. The molecular weight excluding hydrogens is 328 g/mol. The van der Waals surface area contributed by atoms with Crippen molar-refractivity contribution >= 4 is 11.6 Å². The molecule has 1 aliphatic carbocycles. The van der Waals surface area contributed by atoms with E-state index in [1.807, 2.05) is 35.0 Å². The van der Waals surface area contributed by atoms with Crippen molar-refractivity contribution in [3.8, 4) is 11.6 Å². The molecule has 0 unspecified atom stereocenters. The summed E-state index contributed by atoms with van der Waals surface area (Å²) in [5.41, 5.74) is 2.82. The van der Waals surface area contributed by atoms with Gasteiger partial charge in [-0.2, -0.15) is 10.1 Å². The Morgan fingerprint density at radius 3 is 2.79 bits per heavy atom. The molecule has 0 bridgehead atoms. The van der Waals surface area contributed by atoms with Crippen molar-refractivity contribution in [3.05, 3.63) is 52.4 Å². The topological polar surface area (TPSA) is 66.0 Å². The van der Waals surface area contributed by atoms with Crippen LogP contribution in [-0.2, 0) is 17.9 Å². The fourth-order valence-electron chi connectivity index (χ4n) is 2.96. The molecule has 2 aromatic heterocycles. The third kappa shape index (κ3) is 2.52. The highest BCUT2D eigenvalue weighted by Gasteiger charge is 2.30. The quantitative estimate of drug-likeness (QED) is 0.725. The Bertz CT molecular complexity index is 882. The van der Waals surface area contributed by atoms with Crippen molar-refractivity contribution in [3.63, 3.8) is 0 Å². The Balaban J connectivity index is 1.40. The number of ether oxygens (including phenoxy) is 1. The minimum absolute atomic E-state index is 0.0350. The van der Waals surface area contributed by atoms with Crippen molar-refractivity contribution in [2.45, 2.75) is 38.0 Å². The molecule has 1 fully saturated rings. The number of fused-ring (bicyclic) bond motifs is 1. The molecule has 1 aliphatic heterocycles. The van der Waals surface area contributed by atoms with E-state index in [9.17, 15) is 0 Å². The van der Waals surface area contributed by atoms with Gasteiger partial charge in [0.2, 0.25) is 0 Å². The first-order valence-electron chi connectivity index (χ1n) is 8.04. The third-order valence-electron chi connectivity index (χ3n) is 4.48. The van der Waals surface area contributed by atoms with Crippen LogP contribution < -0.4 is 0 Å². The van der Waals surface area contributed by atoms with Gasteiger partial charge in [-0.05, 0) is 36.6 Å². The lowest BCUT2D eigenvalue weighted by atomic mass is 10.1. The van der Waals surface area contributed by atoms with Gasteiger partial charge in [0.05, 0.1) is 18.8 Å². The maximum absolute atomic E-state index is 5.96. The maximum Gasteiger partial charge on any atom is 0.278 e. The van der Waals surface area contributed by atoms with E-state index in [0.717, 1.165) is 34.9 Å². The molecule has 7 heteroatoms. The van der Waals surface area contributed by atoms with E-state index in [-0.39, 0.29) is 6.10 Å². The first-order valence-corrected chi connectivity index (χ1v) is 8.42. The molecular formula is C17H15ClN4O2. The summed E-state index contributed by atoms with van der Waals surface area (Å²) in [5, 5.41) is 9.40. The SMILES string of the molecule is Clc1ccc([C@@H]2Cn3nc(-c4nc(C5CC5)no4)cc3CO2)cc1. The standard InChI is InChI=1S/C17H15ClN4O2/c18-12-5-3-10(4-6-12)15-8-22-13(9-23-15)7-14(20-22)17-19-16(21-24-17)11-1-2-11/h3-7,11,15H,1-2,8-9H2/t15-/m0/s1. The zero-order chi connectivity index (χ0) is 16.1. The fraction of sp³-hybridized carbons (Fsp3) is 0.353.